The number of halogens is 3. The average molecular weight is 342 g/mol. The SMILES string of the molecule is C[C@H]1CCCCN1CCCNc1ccc2nnc(C(F)(F)F)n2n1. The first-order chi connectivity index (χ1) is 11.4. The molecule has 2 aromatic rings. The molecular weight excluding hydrogens is 321 g/mol. The average Bonchev–Trinajstić information content (AvgIpc) is 2.96. The van der Waals surface area contributed by atoms with Gasteiger partial charge in [-0.25, -0.2) is 0 Å². The van der Waals surface area contributed by atoms with Crippen LogP contribution in [0.1, 0.15) is 38.4 Å². The lowest BCUT2D eigenvalue weighted by atomic mass is 10.0. The predicted octanol–water partition coefficient (Wildman–Crippen LogP) is 2.82. The quantitative estimate of drug-likeness (QED) is 0.847. The molecule has 24 heavy (non-hydrogen) atoms. The lowest BCUT2D eigenvalue weighted by Gasteiger charge is -2.33. The summed E-state index contributed by atoms with van der Waals surface area (Å²) in [7, 11) is 0. The van der Waals surface area contributed by atoms with Crippen molar-refractivity contribution in [3.8, 4) is 0 Å². The van der Waals surface area contributed by atoms with E-state index in [9.17, 15) is 13.2 Å². The third-order valence-corrected chi connectivity index (χ3v) is 4.39. The summed E-state index contributed by atoms with van der Waals surface area (Å²) >= 11 is 0. The molecule has 1 aliphatic heterocycles. The first kappa shape index (κ1) is 16.9. The van der Waals surface area contributed by atoms with Gasteiger partial charge in [0.1, 0.15) is 5.82 Å². The summed E-state index contributed by atoms with van der Waals surface area (Å²) < 4.78 is 39.3. The van der Waals surface area contributed by atoms with E-state index in [0.717, 1.165) is 24.0 Å². The normalized spacial score (nSPS) is 19.8. The Morgan fingerprint density at radius 1 is 1.25 bits per heavy atom. The van der Waals surface area contributed by atoms with Crippen molar-refractivity contribution in [3.05, 3.63) is 18.0 Å². The zero-order valence-electron chi connectivity index (χ0n) is 13.6. The minimum absolute atomic E-state index is 0.0787. The molecule has 1 atom stereocenters. The number of rotatable bonds is 5. The molecule has 0 aromatic carbocycles. The molecule has 0 bridgehead atoms. The molecule has 6 nitrogen and oxygen atoms in total. The van der Waals surface area contributed by atoms with Gasteiger partial charge < -0.3 is 10.2 Å². The summed E-state index contributed by atoms with van der Waals surface area (Å²) in [6, 6.07) is 3.71. The lowest BCUT2D eigenvalue weighted by molar-refractivity contribution is -0.146. The van der Waals surface area contributed by atoms with E-state index >= 15 is 0 Å². The highest BCUT2D eigenvalue weighted by atomic mass is 19.4. The number of aromatic nitrogens is 4. The van der Waals surface area contributed by atoms with Crippen molar-refractivity contribution in [2.45, 2.75) is 44.8 Å². The summed E-state index contributed by atoms with van der Waals surface area (Å²) in [5, 5.41) is 13.7. The third kappa shape index (κ3) is 3.77. The third-order valence-electron chi connectivity index (χ3n) is 4.39. The Bertz CT molecular complexity index is 683. The largest absolute Gasteiger partial charge is 0.453 e. The Morgan fingerprint density at radius 3 is 2.83 bits per heavy atom. The number of nitrogens with one attached hydrogen (secondary N) is 1. The molecule has 1 N–H and O–H groups in total. The number of nitrogens with zero attached hydrogens (tertiary/aromatic N) is 5. The molecular formula is C15H21F3N6. The minimum atomic E-state index is -4.57. The van der Waals surface area contributed by atoms with Gasteiger partial charge in [-0.15, -0.1) is 15.3 Å². The Morgan fingerprint density at radius 2 is 2.08 bits per heavy atom. The molecule has 2 aromatic heterocycles. The van der Waals surface area contributed by atoms with E-state index in [2.05, 4.69) is 32.4 Å². The van der Waals surface area contributed by atoms with Crippen LogP contribution in [0.4, 0.5) is 19.0 Å². The van der Waals surface area contributed by atoms with Gasteiger partial charge in [0.2, 0.25) is 0 Å². The van der Waals surface area contributed by atoms with E-state index in [1.807, 2.05) is 0 Å². The highest BCUT2D eigenvalue weighted by Crippen LogP contribution is 2.27. The van der Waals surface area contributed by atoms with Gasteiger partial charge >= 0.3 is 6.18 Å². The van der Waals surface area contributed by atoms with Crippen LogP contribution in [0, 0.1) is 0 Å². The lowest BCUT2D eigenvalue weighted by Crippen LogP contribution is -2.38. The van der Waals surface area contributed by atoms with E-state index < -0.39 is 12.0 Å². The maximum Gasteiger partial charge on any atom is 0.453 e. The Hall–Kier alpha value is -1.90. The summed E-state index contributed by atoms with van der Waals surface area (Å²) in [4.78, 5) is 2.46. The standard InChI is InChI=1S/C15H21F3N6/c1-11-5-2-3-9-23(11)10-4-8-19-12-6-7-13-20-21-14(15(16,17)18)24(13)22-12/h6-7,11H,2-5,8-10H2,1H3,(H,19,22)/t11-/m0/s1. The van der Waals surface area contributed by atoms with Gasteiger partial charge in [0.15, 0.2) is 5.65 Å². The van der Waals surface area contributed by atoms with Crippen LogP contribution in [-0.2, 0) is 6.18 Å². The van der Waals surface area contributed by atoms with E-state index in [1.54, 1.807) is 6.07 Å². The number of fused-ring (bicyclic) bond motifs is 1. The molecule has 0 amide bonds. The molecule has 1 fully saturated rings. The van der Waals surface area contributed by atoms with Crippen molar-refractivity contribution < 1.29 is 13.2 Å². The second-order valence-electron chi connectivity index (χ2n) is 6.17. The molecule has 1 saturated heterocycles. The van der Waals surface area contributed by atoms with E-state index in [0.29, 0.717) is 18.4 Å². The van der Waals surface area contributed by atoms with Crippen molar-refractivity contribution in [1.29, 1.82) is 0 Å². The summed E-state index contributed by atoms with van der Waals surface area (Å²) in [6.07, 6.45) is 0.109. The number of hydrogen-bond acceptors (Lipinski definition) is 5. The number of likely N-dealkylation sites (tertiary alicyclic amines) is 1. The van der Waals surface area contributed by atoms with Crippen LogP contribution >= 0.6 is 0 Å². The van der Waals surface area contributed by atoms with Crippen LogP contribution in [0.25, 0.3) is 5.65 Å². The summed E-state index contributed by atoms with van der Waals surface area (Å²) in [6.45, 7) is 5.01. The van der Waals surface area contributed by atoms with Crippen LogP contribution in [0.3, 0.4) is 0 Å². The molecule has 0 aliphatic carbocycles. The molecule has 3 rings (SSSR count). The van der Waals surface area contributed by atoms with E-state index in [-0.39, 0.29) is 5.65 Å². The van der Waals surface area contributed by atoms with Crippen molar-refractivity contribution in [3.63, 3.8) is 0 Å². The maximum atomic E-state index is 12.8. The molecule has 0 unspecified atom stereocenters. The van der Waals surface area contributed by atoms with Crippen LogP contribution in [-0.4, -0.2) is 50.4 Å². The van der Waals surface area contributed by atoms with Crippen molar-refractivity contribution >= 4 is 11.5 Å². The van der Waals surface area contributed by atoms with Gasteiger partial charge in [-0.3, -0.25) is 0 Å². The van der Waals surface area contributed by atoms with Crippen LogP contribution in [0.15, 0.2) is 12.1 Å². The van der Waals surface area contributed by atoms with Crippen molar-refractivity contribution in [2.24, 2.45) is 0 Å². The van der Waals surface area contributed by atoms with E-state index in [1.165, 1.54) is 25.3 Å². The zero-order chi connectivity index (χ0) is 17.2. The monoisotopic (exact) mass is 342 g/mol. The van der Waals surface area contributed by atoms with Gasteiger partial charge in [0.25, 0.3) is 5.82 Å². The molecule has 0 spiro atoms. The number of anilines is 1. The second kappa shape index (κ2) is 6.92. The smallest absolute Gasteiger partial charge is 0.369 e. The van der Waals surface area contributed by atoms with Gasteiger partial charge in [0.05, 0.1) is 0 Å². The molecule has 132 valence electrons. The topological polar surface area (TPSA) is 58.3 Å². The van der Waals surface area contributed by atoms with Crippen molar-refractivity contribution in [2.75, 3.05) is 25.0 Å². The van der Waals surface area contributed by atoms with Crippen LogP contribution in [0.5, 0.6) is 0 Å². The van der Waals surface area contributed by atoms with Gasteiger partial charge in [-0.05, 0) is 44.9 Å². The summed E-state index contributed by atoms with van der Waals surface area (Å²) in [5.74, 6) is -0.720. The van der Waals surface area contributed by atoms with Gasteiger partial charge in [-0.2, -0.15) is 17.7 Å². The number of piperidine rings is 1. The predicted molar refractivity (Wildman–Crippen MR) is 83.8 cm³/mol. The van der Waals surface area contributed by atoms with Crippen LogP contribution < -0.4 is 5.32 Å². The summed E-state index contributed by atoms with van der Waals surface area (Å²) in [5.41, 5.74) is 0.0787. The zero-order valence-corrected chi connectivity index (χ0v) is 13.6. The second-order valence-corrected chi connectivity index (χ2v) is 6.17. The van der Waals surface area contributed by atoms with Crippen molar-refractivity contribution in [1.82, 2.24) is 24.7 Å². The Balaban J connectivity index is 1.57. The number of hydrogen-bond donors (Lipinski definition) is 1. The molecule has 9 heteroatoms. The fraction of sp³-hybridized carbons (Fsp3) is 0.667. The number of alkyl halides is 3. The highest BCUT2D eigenvalue weighted by Gasteiger charge is 2.37. The molecule has 0 saturated carbocycles. The maximum absolute atomic E-state index is 12.8. The first-order valence-electron chi connectivity index (χ1n) is 8.23. The Labute approximate surface area is 138 Å². The van der Waals surface area contributed by atoms with Crippen LogP contribution in [0.2, 0.25) is 0 Å². The molecule has 1 aliphatic rings. The Kier molecular flexibility index (Phi) is 4.88. The van der Waals surface area contributed by atoms with E-state index in [4.69, 9.17) is 0 Å². The minimum Gasteiger partial charge on any atom is -0.369 e. The highest BCUT2D eigenvalue weighted by molar-refractivity contribution is 5.44. The van der Waals surface area contributed by atoms with Gasteiger partial charge in [-0.1, -0.05) is 6.42 Å². The fourth-order valence-electron chi connectivity index (χ4n) is 3.05. The molecule has 0 radical (unpaired) electrons. The fourth-order valence-corrected chi connectivity index (χ4v) is 3.05. The first-order valence-corrected chi connectivity index (χ1v) is 8.23. The molecule has 3 heterocycles. The van der Waals surface area contributed by atoms with Gasteiger partial charge in [0, 0.05) is 19.1 Å².